The van der Waals surface area contributed by atoms with Gasteiger partial charge in [-0.3, -0.25) is 9.89 Å². The summed E-state index contributed by atoms with van der Waals surface area (Å²) in [5.74, 6) is 1.76. The standard InChI is InChI=1S/C21H30N4O2/c1-22-21(23-11-8-20-3-2-14-27-20)24-15-17-4-6-18(7-5-17)16-25-12-9-19(26)10-13-25/h2-7,14,19,26H,8-13,15-16H2,1H3,(H2,22,23,24). The molecule has 0 spiro atoms. The SMILES string of the molecule is CN=C(NCCc1ccco1)NCc1ccc(CN2CCC(O)CC2)cc1. The Bertz CT molecular complexity index is 689. The monoisotopic (exact) mass is 370 g/mol. The van der Waals surface area contributed by atoms with Crippen molar-refractivity contribution < 1.29 is 9.52 Å². The lowest BCUT2D eigenvalue weighted by Gasteiger charge is -2.29. The van der Waals surface area contributed by atoms with Gasteiger partial charge < -0.3 is 20.2 Å². The number of likely N-dealkylation sites (tertiary alicyclic amines) is 1. The Kier molecular flexibility index (Phi) is 7.30. The summed E-state index contributed by atoms with van der Waals surface area (Å²) in [6, 6.07) is 12.6. The molecular formula is C21H30N4O2. The van der Waals surface area contributed by atoms with Crippen molar-refractivity contribution in [2.24, 2.45) is 4.99 Å². The van der Waals surface area contributed by atoms with Gasteiger partial charge in [0, 0.05) is 46.2 Å². The third kappa shape index (κ3) is 6.41. The minimum atomic E-state index is -0.114. The van der Waals surface area contributed by atoms with Crippen molar-refractivity contribution in [3.63, 3.8) is 0 Å². The first-order valence-electron chi connectivity index (χ1n) is 9.68. The fourth-order valence-corrected chi connectivity index (χ4v) is 3.26. The summed E-state index contributed by atoms with van der Waals surface area (Å²) in [6.07, 6.45) is 4.18. The van der Waals surface area contributed by atoms with Crippen molar-refractivity contribution in [3.8, 4) is 0 Å². The molecular weight excluding hydrogens is 340 g/mol. The molecule has 1 aromatic carbocycles. The highest BCUT2D eigenvalue weighted by molar-refractivity contribution is 5.79. The van der Waals surface area contributed by atoms with Gasteiger partial charge in [0.2, 0.25) is 0 Å². The molecule has 27 heavy (non-hydrogen) atoms. The highest BCUT2D eigenvalue weighted by Crippen LogP contribution is 2.14. The molecule has 0 aliphatic carbocycles. The number of nitrogens with one attached hydrogen (secondary N) is 2. The number of aliphatic hydroxyl groups excluding tert-OH is 1. The molecule has 1 saturated heterocycles. The number of guanidine groups is 1. The van der Waals surface area contributed by atoms with Crippen LogP contribution in [0.15, 0.2) is 52.1 Å². The van der Waals surface area contributed by atoms with E-state index in [1.807, 2.05) is 12.1 Å². The molecule has 3 rings (SSSR count). The minimum Gasteiger partial charge on any atom is -0.469 e. The van der Waals surface area contributed by atoms with Gasteiger partial charge in [-0.05, 0) is 36.1 Å². The third-order valence-electron chi connectivity index (χ3n) is 4.91. The van der Waals surface area contributed by atoms with Crippen LogP contribution in [-0.4, -0.2) is 48.8 Å². The molecule has 0 atom stereocenters. The zero-order chi connectivity index (χ0) is 18.9. The lowest BCUT2D eigenvalue weighted by atomic mass is 10.1. The summed E-state index contributed by atoms with van der Waals surface area (Å²) in [4.78, 5) is 6.67. The van der Waals surface area contributed by atoms with E-state index in [0.29, 0.717) is 0 Å². The van der Waals surface area contributed by atoms with Gasteiger partial charge in [-0.2, -0.15) is 0 Å². The van der Waals surface area contributed by atoms with E-state index in [-0.39, 0.29) is 6.10 Å². The largest absolute Gasteiger partial charge is 0.469 e. The molecule has 1 aromatic heterocycles. The van der Waals surface area contributed by atoms with Crippen LogP contribution in [0.4, 0.5) is 0 Å². The van der Waals surface area contributed by atoms with Crippen LogP contribution in [-0.2, 0) is 19.5 Å². The Morgan fingerprint density at radius 1 is 1.15 bits per heavy atom. The highest BCUT2D eigenvalue weighted by atomic mass is 16.3. The van der Waals surface area contributed by atoms with Crippen molar-refractivity contribution in [1.29, 1.82) is 0 Å². The Morgan fingerprint density at radius 3 is 2.56 bits per heavy atom. The fourth-order valence-electron chi connectivity index (χ4n) is 3.26. The van der Waals surface area contributed by atoms with E-state index in [4.69, 9.17) is 4.42 Å². The van der Waals surface area contributed by atoms with Gasteiger partial charge >= 0.3 is 0 Å². The van der Waals surface area contributed by atoms with Crippen molar-refractivity contribution in [1.82, 2.24) is 15.5 Å². The lowest BCUT2D eigenvalue weighted by molar-refractivity contribution is 0.0792. The first-order chi connectivity index (χ1) is 13.2. The molecule has 2 heterocycles. The number of benzene rings is 1. The third-order valence-corrected chi connectivity index (χ3v) is 4.91. The van der Waals surface area contributed by atoms with Crippen molar-refractivity contribution in [2.45, 2.75) is 38.5 Å². The van der Waals surface area contributed by atoms with E-state index in [1.165, 1.54) is 11.1 Å². The molecule has 0 amide bonds. The Hall–Kier alpha value is -2.31. The molecule has 0 bridgehead atoms. The quantitative estimate of drug-likeness (QED) is 0.514. The molecule has 6 nitrogen and oxygen atoms in total. The number of aliphatic hydroxyl groups is 1. The average molecular weight is 370 g/mol. The summed E-state index contributed by atoms with van der Waals surface area (Å²) in [5, 5.41) is 16.2. The smallest absolute Gasteiger partial charge is 0.191 e. The van der Waals surface area contributed by atoms with Crippen LogP contribution < -0.4 is 10.6 Å². The topological polar surface area (TPSA) is 73.0 Å². The van der Waals surface area contributed by atoms with Gasteiger partial charge in [0.1, 0.15) is 5.76 Å². The Balaban J connectivity index is 1.39. The van der Waals surface area contributed by atoms with Crippen LogP contribution in [0.25, 0.3) is 0 Å². The first-order valence-corrected chi connectivity index (χ1v) is 9.68. The molecule has 1 fully saturated rings. The molecule has 2 aromatic rings. The molecule has 1 aliphatic heterocycles. The van der Waals surface area contributed by atoms with Crippen LogP contribution in [0.5, 0.6) is 0 Å². The predicted octanol–water partition coefficient (Wildman–Crippen LogP) is 2.14. The molecule has 1 aliphatic rings. The summed E-state index contributed by atoms with van der Waals surface area (Å²) < 4.78 is 5.33. The number of hydrogen-bond donors (Lipinski definition) is 3. The Labute approximate surface area is 161 Å². The van der Waals surface area contributed by atoms with Crippen molar-refractivity contribution in [3.05, 3.63) is 59.5 Å². The van der Waals surface area contributed by atoms with E-state index in [2.05, 4.69) is 44.8 Å². The van der Waals surface area contributed by atoms with Gasteiger partial charge in [-0.25, -0.2) is 0 Å². The van der Waals surface area contributed by atoms with E-state index >= 15 is 0 Å². The number of hydrogen-bond acceptors (Lipinski definition) is 4. The Morgan fingerprint density at radius 2 is 1.89 bits per heavy atom. The zero-order valence-corrected chi connectivity index (χ0v) is 16.0. The van der Waals surface area contributed by atoms with E-state index in [1.54, 1.807) is 13.3 Å². The first kappa shape index (κ1) is 19.5. The van der Waals surface area contributed by atoms with Gasteiger partial charge in [0.25, 0.3) is 0 Å². The van der Waals surface area contributed by atoms with Crippen LogP contribution in [0.2, 0.25) is 0 Å². The number of furan rings is 1. The minimum absolute atomic E-state index is 0.114. The summed E-state index contributed by atoms with van der Waals surface area (Å²) in [7, 11) is 1.78. The van der Waals surface area contributed by atoms with Crippen molar-refractivity contribution in [2.75, 3.05) is 26.7 Å². The number of piperidine rings is 1. The van der Waals surface area contributed by atoms with Crippen LogP contribution >= 0.6 is 0 Å². The molecule has 146 valence electrons. The van der Waals surface area contributed by atoms with E-state index < -0.39 is 0 Å². The second kappa shape index (κ2) is 10.1. The van der Waals surface area contributed by atoms with E-state index in [0.717, 1.165) is 63.7 Å². The van der Waals surface area contributed by atoms with Crippen LogP contribution in [0, 0.1) is 0 Å². The summed E-state index contributed by atoms with van der Waals surface area (Å²) in [5.41, 5.74) is 2.54. The maximum Gasteiger partial charge on any atom is 0.191 e. The molecule has 3 N–H and O–H groups in total. The zero-order valence-electron chi connectivity index (χ0n) is 16.0. The van der Waals surface area contributed by atoms with Gasteiger partial charge in [0.05, 0.1) is 12.4 Å². The summed E-state index contributed by atoms with van der Waals surface area (Å²) >= 11 is 0. The highest BCUT2D eigenvalue weighted by Gasteiger charge is 2.16. The maximum atomic E-state index is 9.60. The summed E-state index contributed by atoms with van der Waals surface area (Å²) in [6.45, 7) is 4.42. The lowest BCUT2D eigenvalue weighted by Crippen LogP contribution is -2.37. The van der Waals surface area contributed by atoms with Crippen LogP contribution in [0.3, 0.4) is 0 Å². The predicted molar refractivity (Wildman–Crippen MR) is 108 cm³/mol. The molecule has 0 radical (unpaired) electrons. The van der Waals surface area contributed by atoms with Gasteiger partial charge in [-0.15, -0.1) is 0 Å². The van der Waals surface area contributed by atoms with Crippen LogP contribution in [0.1, 0.15) is 29.7 Å². The van der Waals surface area contributed by atoms with Gasteiger partial charge in [-0.1, -0.05) is 24.3 Å². The average Bonchev–Trinajstić information content (AvgIpc) is 3.21. The van der Waals surface area contributed by atoms with Crippen molar-refractivity contribution >= 4 is 5.96 Å². The maximum absolute atomic E-state index is 9.60. The fraction of sp³-hybridized carbons (Fsp3) is 0.476. The number of rotatable bonds is 7. The normalized spacial score (nSPS) is 16.4. The van der Waals surface area contributed by atoms with Gasteiger partial charge in [0.15, 0.2) is 5.96 Å². The number of nitrogens with zero attached hydrogens (tertiary/aromatic N) is 2. The number of aliphatic imine (C=N–C) groups is 1. The van der Waals surface area contributed by atoms with E-state index in [9.17, 15) is 5.11 Å². The molecule has 0 unspecified atom stereocenters. The molecule has 0 saturated carbocycles. The second-order valence-electron chi connectivity index (χ2n) is 7.01. The second-order valence-corrected chi connectivity index (χ2v) is 7.01. The molecule has 6 heteroatoms.